The quantitative estimate of drug-likeness (QED) is 0.796. The van der Waals surface area contributed by atoms with Crippen molar-refractivity contribution in [3.63, 3.8) is 0 Å². The molecule has 0 saturated heterocycles. The molecule has 2 aromatic carbocycles. The molecule has 2 N–H and O–H groups in total. The number of methoxy groups -OCH3 is 1. The molecule has 0 aliphatic carbocycles. The summed E-state index contributed by atoms with van der Waals surface area (Å²) in [6, 6.07) is 14.2. The summed E-state index contributed by atoms with van der Waals surface area (Å²) in [6.45, 7) is 1.77. The number of halogens is 1. The van der Waals surface area contributed by atoms with Gasteiger partial charge >= 0.3 is 0 Å². The van der Waals surface area contributed by atoms with Crippen LogP contribution in [0.15, 0.2) is 48.5 Å². The summed E-state index contributed by atoms with van der Waals surface area (Å²) in [6.07, 6.45) is 0.135. The van der Waals surface area contributed by atoms with Gasteiger partial charge in [-0.1, -0.05) is 41.9 Å². The molecule has 0 spiro atoms. The molecule has 0 heterocycles. The van der Waals surface area contributed by atoms with Crippen molar-refractivity contribution in [2.75, 3.05) is 7.11 Å². The van der Waals surface area contributed by atoms with Gasteiger partial charge in [0.15, 0.2) is 0 Å². The van der Waals surface area contributed by atoms with E-state index in [4.69, 9.17) is 16.3 Å². The maximum absolute atomic E-state index is 12.3. The smallest absolute Gasteiger partial charge is 0.222 e. The molecular weight excluding hydrogens is 340 g/mol. The molecule has 2 aromatic rings. The van der Waals surface area contributed by atoms with Crippen molar-refractivity contribution >= 4 is 23.4 Å². The molecule has 0 aliphatic rings. The summed E-state index contributed by atoms with van der Waals surface area (Å²) in [5.41, 5.74) is 1.68. The molecule has 2 amide bonds. The van der Waals surface area contributed by atoms with Crippen molar-refractivity contribution in [1.82, 2.24) is 10.6 Å². The van der Waals surface area contributed by atoms with Gasteiger partial charge in [0.2, 0.25) is 11.8 Å². The van der Waals surface area contributed by atoms with Gasteiger partial charge in [-0.25, -0.2) is 0 Å². The number of hydrogen-bond donors (Lipinski definition) is 2. The number of carbonyl (C=O) groups is 2. The zero-order chi connectivity index (χ0) is 18.2. The number of ether oxygens (including phenoxy) is 1. The van der Waals surface area contributed by atoms with Gasteiger partial charge in [0.1, 0.15) is 5.75 Å². The van der Waals surface area contributed by atoms with Crippen LogP contribution in [0.25, 0.3) is 0 Å². The fourth-order valence-electron chi connectivity index (χ4n) is 2.43. The lowest BCUT2D eigenvalue weighted by Crippen LogP contribution is -2.32. The van der Waals surface area contributed by atoms with Gasteiger partial charge in [-0.2, -0.15) is 0 Å². The lowest BCUT2D eigenvalue weighted by Gasteiger charge is -2.18. The van der Waals surface area contributed by atoms with Gasteiger partial charge in [-0.05, 0) is 29.3 Å². The predicted molar refractivity (Wildman–Crippen MR) is 97.5 cm³/mol. The van der Waals surface area contributed by atoms with E-state index in [1.807, 2.05) is 30.3 Å². The van der Waals surface area contributed by atoms with Crippen LogP contribution in [0, 0.1) is 0 Å². The van der Waals surface area contributed by atoms with Crippen LogP contribution in [0.3, 0.4) is 0 Å². The van der Waals surface area contributed by atoms with Gasteiger partial charge in [0.25, 0.3) is 0 Å². The first-order valence-electron chi connectivity index (χ1n) is 7.90. The van der Waals surface area contributed by atoms with Crippen molar-refractivity contribution in [2.24, 2.45) is 0 Å². The zero-order valence-electron chi connectivity index (χ0n) is 14.2. The second-order valence-electron chi connectivity index (χ2n) is 5.60. The lowest BCUT2D eigenvalue weighted by molar-refractivity contribution is -0.122. The number of amides is 2. The molecule has 1 atom stereocenters. The Hall–Kier alpha value is -2.53. The first-order valence-corrected chi connectivity index (χ1v) is 8.28. The average Bonchev–Trinajstić information content (AvgIpc) is 2.60. The van der Waals surface area contributed by atoms with E-state index in [1.54, 1.807) is 25.3 Å². The number of benzene rings is 2. The zero-order valence-corrected chi connectivity index (χ0v) is 15.0. The van der Waals surface area contributed by atoms with Crippen LogP contribution in [0.4, 0.5) is 0 Å². The van der Waals surface area contributed by atoms with Crippen molar-refractivity contribution in [3.8, 4) is 5.75 Å². The lowest BCUT2D eigenvalue weighted by atomic mass is 10.0. The fraction of sp³-hybridized carbons (Fsp3) is 0.263. The topological polar surface area (TPSA) is 67.4 Å². The third kappa shape index (κ3) is 5.80. The fourth-order valence-corrected chi connectivity index (χ4v) is 2.63. The molecule has 132 valence electrons. The third-order valence-corrected chi connectivity index (χ3v) is 4.09. The maximum Gasteiger partial charge on any atom is 0.222 e. The van der Waals surface area contributed by atoms with Crippen molar-refractivity contribution in [2.45, 2.75) is 25.9 Å². The van der Waals surface area contributed by atoms with Crippen LogP contribution >= 0.6 is 11.6 Å². The molecule has 0 bridgehead atoms. The SMILES string of the molecule is COc1ccc([C@H](CC(=O)NCc2ccccc2Cl)NC(C)=O)cc1. The number of nitrogens with one attached hydrogen (secondary N) is 2. The molecule has 25 heavy (non-hydrogen) atoms. The van der Waals surface area contributed by atoms with Crippen LogP contribution in [-0.2, 0) is 16.1 Å². The second kappa shape index (κ2) is 9.08. The van der Waals surface area contributed by atoms with Gasteiger partial charge in [-0.3, -0.25) is 9.59 Å². The van der Waals surface area contributed by atoms with Crippen molar-refractivity contribution in [1.29, 1.82) is 0 Å². The summed E-state index contributed by atoms with van der Waals surface area (Å²) in [5, 5.41) is 6.25. The van der Waals surface area contributed by atoms with Crippen molar-refractivity contribution < 1.29 is 14.3 Å². The predicted octanol–water partition coefficient (Wildman–Crippen LogP) is 3.23. The molecule has 2 rings (SSSR count). The minimum absolute atomic E-state index is 0.135. The van der Waals surface area contributed by atoms with Crippen LogP contribution in [0.2, 0.25) is 5.02 Å². The summed E-state index contributed by atoms with van der Waals surface area (Å²) >= 11 is 6.09. The standard InChI is InChI=1S/C19H21ClN2O3/c1-13(23)22-18(14-7-9-16(25-2)10-8-14)11-19(24)21-12-15-5-3-4-6-17(15)20/h3-10,18H,11-12H2,1-2H3,(H,21,24)(H,22,23)/t18-/m0/s1. The molecule has 0 radical (unpaired) electrons. The molecule has 0 aliphatic heterocycles. The minimum atomic E-state index is -0.408. The monoisotopic (exact) mass is 360 g/mol. The van der Waals surface area contributed by atoms with E-state index >= 15 is 0 Å². The Balaban J connectivity index is 2.01. The normalized spacial score (nSPS) is 11.5. The first kappa shape index (κ1) is 18.8. The van der Waals surface area contributed by atoms with E-state index in [-0.39, 0.29) is 18.2 Å². The largest absolute Gasteiger partial charge is 0.497 e. The molecule has 0 fully saturated rings. The van der Waals surface area contributed by atoms with Crippen LogP contribution in [0.5, 0.6) is 5.75 Å². The number of hydrogen-bond acceptors (Lipinski definition) is 3. The third-order valence-electron chi connectivity index (χ3n) is 3.72. The first-order chi connectivity index (χ1) is 12.0. The average molecular weight is 361 g/mol. The Morgan fingerprint density at radius 2 is 1.80 bits per heavy atom. The van der Waals surface area contributed by atoms with E-state index in [1.165, 1.54) is 6.92 Å². The minimum Gasteiger partial charge on any atom is -0.497 e. The van der Waals surface area contributed by atoms with Crippen LogP contribution in [0.1, 0.15) is 30.5 Å². The summed E-state index contributed by atoms with van der Waals surface area (Å²) in [7, 11) is 1.59. The molecular formula is C19H21ClN2O3. The van der Waals surface area contributed by atoms with E-state index in [2.05, 4.69) is 10.6 Å². The maximum atomic E-state index is 12.3. The highest BCUT2D eigenvalue weighted by molar-refractivity contribution is 6.31. The Bertz CT molecular complexity index is 732. The van der Waals surface area contributed by atoms with Gasteiger partial charge in [-0.15, -0.1) is 0 Å². The Morgan fingerprint density at radius 3 is 2.40 bits per heavy atom. The highest BCUT2D eigenvalue weighted by Gasteiger charge is 2.17. The Morgan fingerprint density at radius 1 is 1.12 bits per heavy atom. The van der Waals surface area contributed by atoms with E-state index in [9.17, 15) is 9.59 Å². The van der Waals surface area contributed by atoms with Gasteiger partial charge < -0.3 is 15.4 Å². The molecule has 6 heteroatoms. The summed E-state index contributed by atoms with van der Waals surface area (Å²) < 4.78 is 5.13. The summed E-state index contributed by atoms with van der Waals surface area (Å²) in [5.74, 6) is 0.350. The molecule has 0 unspecified atom stereocenters. The molecule has 5 nitrogen and oxygen atoms in total. The highest BCUT2D eigenvalue weighted by atomic mass is 35.5. The Labute approximate surface area is 152 Å². The van der Waals surface area contributed by atoms with E-state index in [0.717, 1.165) is 11.1 Å². The Kier molecular flexibility index (Phi) is 6.83. The highest BCUT2D eigenvalue weighted by Crippen LogP contribution is 2.21. The number of carbonyl (C=O) groups excluding carboxylic acids is 2. The molecule has 0 aromatic heterocycles. The molecule has 0 saturated carbocycles. The number of rotatable bonds is 7. The van der Waals surface area contributed by atoms with E-state index < -0.39 is 6.04 Å². The van der Waals surface area contributed by atoms with Crippen molar-refractivity contribution in [3.05, 3.63) is 64.7 Å². The summed E-state index contributed by atoms with van der Waals surface area (Å²) in [4.78, 5) is 23.8. The van der Waals surface area contributed by atoms with Crippen LogP contribution in [-0.4, -0.2) is 18.9 Å². The van der Waals surface area contributed by atoms with Gasteiger partial charge in [0, 0.05) is 18.5 Å². The van der Waals surface area contributed by atoms with Crippen LogP contribution < -0.4 is 15.4 Å². The van der Waals surface area contributed by atoms with Gasteiger partial charge in [0.05, 0.1) is 19.6 Å². The van der Waals surface area contributed by atoms with E-state index in [0.29, 0.717) is 17.3 Å². The second-order valence-corrected chi connectivity index (χ2v) is 6.01.